The van der Waals surface area contributed by atoms with Crippen molar-refractivity contribution in [2.24, 2.45) is 0 Å². The molecule has 4 nitrogen and oxygen atoms in total. The second-order valence-electron chi connectivity index (χ2n) is 5.98. The minimum atomic E-state index is 0.443. The molecule has 118 valence electrons. The Labute approximate surface area is 140 Å². The van der Waals surface area contributed by atoms with Crippen LogP contribution in [0.25, 0.3) is 10.9 Å². The van der Waals surface area contributed by atoms with Crippen LogP contribution in [0, 0.1) is 0 Å². The van der Waals surface area contributed by atoms with Gasteiger partial charge < -0.3 is 10.2 Å². The number of hydrogen-bond donors (Lipinski definition) is 2. The molecule has 0 bridgehead atoms. The maximum Gasteiger partial charge on any atom is 0.132 e. The molecule has 1 fully saturated rings. The number of anilines is 1. The van der Waals surface area contributed by atoms with E-state index in [1.807, 2.05) is 0 Å². The van der Waals surface area contributed by atoms with Crippen molar-refractivity contribution in [3.63, 3.8) is 0 Å². The maximum atomic E-state index is 6.11. The zero-order chi connectivity index (χ0) is 15.6. The topological polar surface area (TPSA) is 44.0 Å². The molecule has 3 aromatic rings. The summed E-state index contributed by atoms with van der Waals surface area (Å²) in [6, 6.07) is 17.4. The fourth-order valence-corrected chi connectivity index (χ4v) is 3.52. The van der Waals surface area contributed by atoms with Crippen molar-refractivity contribution < 1.29 is 0 Å². The number of benzene rings is 2. The Morgan fingerprint density at radius 3 is 2.91 bits per heavy atom. The SMILES string of the molecule is Clc1[nH]nc2cc(N3CCNC[C@H]3Cc3ccccc3)ccc12. The van der Waals surface area contributed by atoms with Crippen LogP contribution in [-0.2, 0) is 6.42 Å². The molecule has 0 radical (unpaired) electrons. The summed E-state index contributed by atoms with van der Waals surface area (Å²) in [5.74, 6) is 0. The lowest BCUT2D eigenvalue weighted by atomic mass is 10.0. The third-order valence-electron chi connectivity index (χ3n) is 4.49. The Kier molecular flexibility index (Phi) is 3.93. The molecule has 1 saturated heterocycles. The van der Waals surface area contributed by atoms with E-state index in [-0.39, 0.29) is 0 Å². The molecule has 0 aliphatic carbocycles. The molecule has 1 aliphatic heterocycles. The summed E-state index contributed by atoms with van der Waals surface area (Å²) in [7, 11) is 0. The molecule has 0 unspecified atom stereocenters. The van der Waals surface area contributed by atoms with Gasteiger partial charge in [-0.1, -0.05) is 41.9 Å². The van der Waals surface area contributed by atoms with Gasteiger partial charge >= 0.3 is 0 Å². The monoisotopic (exact) mass is 326 g/mol. The molecule has 1 atom stereocenters. The van der Waals surface area contributed by atoms with Crippen LogP contribution in [0.1, 0.15) is 5.56 Å². The molecule has 5 heteroatoms. The van der Waals surface area contributed by atoms with Gasteiger partial charge in [-0.15, -0.1) is 0 Å². The van der Waals surface area contributed by atoms with E-state index in [9.17, 15) is 0 Å². The normalized spacial score (nSPS) is 18.5. The van der Waals surface area contributed by atoms with E-state index in [4.69, 9.17) is 11.6 Å². The van der Waals surface area contributed by atoms with Crippen LogP contribution in [-0.4, -0.2) is 35.9 Å². The number of nitrogens with zero attached hydrogens (tertiary/aromatic N) is 2. The summed E-state index contributed by atoms with van der Waals surface area (Å²) < 4.78 is 0. The van der Waals surface area contributed by atoms with Crippen LogP contribution < -0.4 is 10.2 Å². The van der Waals surface area contributed by atoms with Crippen molar-refractivity contribution in [1.82, 2.24) is 15.5 Å². The predicted octanol–water partition coefficient (Wildman–Crippen LogP) is 3.24. The van der Waals surface area contributed by atoms with Gasteiger partial charge in [0.2, 0.25) is 0 Å². The molecule has 23 heavy (non-hydrogen) atoms. The highest BCUT2D eigenvalue weighted by atomic mass is 35.5. The second kappa shape index (κ2) is 6.22. The van der Waals surface area contributed by atoms with Crippen molar-refractivity contribution in [2.75, 3.05) is 24.5 Å². The zero-order valence-corrected chi connectivity index (χ0v) is 13.6. The highest BCUT2D eigenvalue weighted by Gasteiger charge is 2.23. The number of rotatable bonds is 3. The van der Waals surface area contributed by atoms with E-state index >= 15 is 0 Å². The van der Waals surface area contributed by atoms with Crippen LogP contribution in [0.2, 0.25) is 5.15 Å². The molecule has 1 aromatic heterocycles. The van der Waals surface area contributed by atoms with Crippen LogP contribution in [0.4, 0.5) is 5.69 Å². The Morgan fingerprint density at radius 1 is 1.17 bits per heavy atom. The molecule has 1 aliphatic rings. The number of piperazine rings is 1. The summed E-state index contributed by atoms with van der Waals surface area (Å²) in [4.78, 5) is 2.48. The number of aromatic nitrogens is 2. The highest BCUT2D eigenvalue weighted by Crippen LogP contribution is 2.27. The molecular weight excluding hydrogens is 308 g/mol. The van der Waals surface area contributed by atoms with E-state index in [1.165, 1.54) is 11.3 Å². The third kappa shape index (κ3) is 2.92. The summed E-state index contributed by atoms with van der Waals surface area (Å²) >= 11 is 6.11. The van der Waals surface area contributed by atoms with Gasteiger partial charge in [0.25, 0.3) is 0 Å². The molecule has 2 aromatic carbocycles. The van der Waals surface area contributed by atoms with Gasteiger partial charge in [0.1, 0.15) is 5.15 Å². The highest BCUT2D eigenvalue weighted by molar-refractivity contribution is 6.34. The van der Waals surface area contributed by atoms with Gasteiger partial charge in [-0.25, -0.2) is 0 Å². The number of halogens is 1. The van der Waals surface area contributed by atoms with Gasteiger partial charge in [-0.05, 0) is 30.2 Å². The van der Waals surface area contributed by atoms with E-state index in [0.29, 0.717) is 11.2 Å². The smallest absolute Gasteiger partial charge is 0.132 e. The fourth-order valence-electron chi connectivity index (χ4n) is 3.32. The number of H-pyrrole nitrogens is 1. The van der Waals surface area contributed by atoms with Gasteiger partial charge in [0.05, 0.1) is 5.52 Å². The van der Waals surface area contributed by atoms with Crippen LogP contribution in [0.5, 0.6) is 0 Å². The Morgan fingerprint density at radius 2 is 2.04 bits per heavy atom. The molecule has 2 heterocycles. The Bertz CT molecular complexity index is 799. The quantitative estimate of drug-likeness (QED) is 0.776. The lowest BCUT2D eigenvalue weighted by molar-refractivity contribution is 0.473. The molecule has 0 spiro atoms. The van der Waals surface area contributed by atoms with Crippen LogP contribution >= 0.6 is 11.6 Å². The van der Waals surface area contributed by atoms with Crippen LogP contribution in [0.15, 0.2) is 48.5 Å². The van der Waals surface area contributed by atoms with E-state index in [0.717, 1.165) is 37.0 Å². The van der Waals surface area contributed by atoms with E-state index in [1.54, 1.807) is 0 Å². The summed E-state index contributed by atoms with van der Waals surface area (Å²) in [6.45, 7) is 3.00. The molecule has 0 saturated carbocycles. The van der Waals surface area contributed by atoms with Gasteiger partial charge in [0, 0.05) is 36.7 Å². The lowest BCUT2D eigenvalue weighted by Gasteiger charge is -2.38. The van der Waals surface area contributed by atoms with E-state index < -0.39 is 0 Å². The largest absolute Gasteiger partial charge is 0.366 e. The standard InChI is InChI=1S/C18H19ClN4/c19-18-16-7-6-14(11-17(16)21-22-18)23-9-8-20-12-15(23)10-13-4-2-1-3-5-13/h1-7,11,15,20H,8-10,12H2,(H,21,22)/t15-/m1/s1. The first-order valence-corrected chi connectivity index (χ1v) is 8.34. The second-order valence-corrected chi connectivity index (χ2v) is 6.36. The van der Waals surface area contributed by atoms with Crippen molar-refractivity contribution in [1.29, 1.82) is 0 Å². The number of fused-ring (bicyclic) bond motifs is 1. The van der Waals surface area contributed by atoms with Crippen molar-refractivity contribution in [3.05, 3.63) is 59.2 Å². The number of hydrogen-bond acceptors (Lipinski definition) is 3. The van der Waals surface area contributed by atoms with E-state index in [2.05, 4.69) is 68.9 Å². The fraction of sp³-hybridized carbons (Fsp3) is 0.278. The van der Waals surface area contributed by atoms with Crippen molar-refractivity contribution in [3.8, 4) is 0 Å². The molecule has 2 N–H and O–H groups in total. The summed E-state index contributed by atoms with van der Waals surface area (Å²) in [6.07, 6.45) is 1.03. The zero-order valence-electron chi connectivity index (χ0n) is 12.8. The average molecular weight is 327 g/mol. The first-order chi connectivity index (χ1) is 11.3. The summed E-state index contributed by atoms with van der Waals surface area (Å²) in [5, 5.41) is 12.2. The minimum Gasteiger partial charge on any atom is -0.366 e. The first-order valence-electron chi connectivity index (χ1n) is 7.96. The number of aromatic amines is 1. The Balaban J connectivity index is 1.63. The maximum absolute atomic E-state index is 6.11. The van der Waals surface area contributed by atoms with Crippen molar-refractivity contribution in [2.45, 2.75) is 12.5 Å². The third-order valence-corrected chi connectivity index (χ3v) is 4.78. The van der Waals surface area contributed by atoms with Crippen LogP contribution in [0.3, 0.4) is 0 Å². The first kappa shape index (κ1) is 14.5. The van der Waals surface area contributed by atoms with Gasteiger partial charge in [-0.2, -0.15) is 5.10 Å². The molecule has 4 rings (SSSR count). The van der Waals surface area contributed by atoms with Gasteiger partial charge in [0.15, 0.2) is 0 Å². The lowest BCUT2D eigenvalue weighted by Crippen LogP contribution is -2.52. The number of nitrogens with one attached hydrogen (secondary N) is 2. The average Bonchev–Trinajstić information content (AvgIpc) is 2.97. The predicted molar refractivity (Wildman–Crippen MR) is 95.3 cm³/mol. The van der Waals surface area contributed by atoms with Gasteiger partial charge in [-0.3, -0.25) is 5.10 Å². The Hall–Kier alpha value is -2.04. The molecular formula is C18H19ClN4. The molecule has 0 amide bonds. The minimum absolute atomic E-state index is 0.443. The summed E-state index contributed by atoms with van der Waals surface area (Å²) in [5.41, 5.74) is 3.50. The van der Waals surface area contributed by atoms with Crippen molar-refractivity contribution >= 4 is 28.2 Å².